The molecule has 2 amide bonds. The smallest absolute Gasteiger partial charge is 0.421 e. The molecule has 0 spiro atoms. The minimum Gasteiger partial charge on any atom is -0.449 e. The average molecular weight is 523 g/mol. The summed E-state index contributed by atoms with van der Waals surface area (Å²) >= 11 is 1.17. The van der Waals surface area contributed by atoms with Crippen molar-refractivity contribution in [2.24, 2.45) is 5.92 Å². The van der Waals surface area contributed by atoms with Crippen molar-refractivity contribution in [1.82, 2.24) is 9.62 Å². The number of rotatable bonds is 13. The van der Waals surface area contributed by atoms with Gasteiger partial charge in [0.1, 0.15) is 4.21 Å². The van der Waals surface area contributed by atoms with E-state index >= 15 is 0 Å². The number of nitrogens with one attached hydrogen (secondary N) is 1. The molecule has 9 heteroatoms. The van der Waals surface area contributed by atoms with Crippen LogP contribution >= 0.6 is 11.3 Å². The molecule has 1 N–H and O–H groups in total. The number of carbonyl (C=O) groups is 2. The van der Waals surface area contributed by atoms with Crippen molar-refractivity contribution in [3.63, 3.8) is 0 Å². The van der Waals surface area contributed by atoms with E-state index in [9.17, 15) is 18.0 Å². The van der Waals surface area contributed by atoms with E-state index in [1.54, 1.807) is 11.9 Å². The number of sulfonamides is 1. The van der Waals surface area contributed by atoms with Crippen LogP contribution in [0.25, 0.3) is 11.1 Å². The highest BCUT2D eigenvalue weighted by Crippen LogP contribution is 2.36. The van der Waals surface area contributed by atoms with Gasteiger partial charge >= 0.3 is 6.09 Å². The first-order valence-corrected chi connectivity index (χ1v) is 14.5. The highest BCUT2D eigenvalue weighted by atomic mass is 32.2. The maximum Gasteiger partial charge on any atom is 0.421 e. The largest absolute Gasteiger partial charge is 0.449 e. The quantitative estimate of drug-likeness (QED) is 0.327. The summed E-state index contributed by atoms with van der Waals surface area (Å²) in [4.78, 5) is 27.1. The molecule has 0 aliphatic heterocycles. The van der Waals surface area contributed by atoms with Crippen molar-refractivity contribution in [2.45, 2.75) is 77.0 Å². The van der Waals surface area contributed by atoms with Crippen molar-refractivity contribution in [1.29, 1.82) is 0 Å². The standard InChI is InChI=1S/C26H38N2O5S2/c1-6-8-13-24(29)28(5)18-20-11-10-12-21(16-20)23-17-22(15-19(3)4)34-25(23)35(31,32)27-26(30)33-14-9-7-2/h10-12,16-17,19H,6-9,13-15,18H2,1-5H3,(H,27,30). The molecule has 0 bridgehead atoms. The maximum atomic E-state index is 13.2. The average Bonchev–Trinajstić information content (AvgIpc) is 3.21. The fourth-order valence-corrected chi connectivity index (χ4v) is 6.38. The number of nitrogens with zero attached hydrogens (tertiary/aromatic N) is 1. The van der Waals surface area contributed by atoms with Gasteiger partial charge in [0, 0.05) is 30.5 Å². The molecule has 0 saturated heterocycles. The zero-order chi connectivity index (χ0) is 26.0. The normalized spacial score (nSPS) is 11.5. The lowest BCUT2D eigenvalue weighted by Crippen LogP contribution is -2.31. The van der Waals surface area contributed by atoms with Crippen LogP contribution in [0, 0.1) is 5.92 Å². The van der Waals surface area contributed by atoms with Gasteiger partial charge in [-0.2, -0.15) is 0 Å². The fourth-order valence-electron chi connectivity index (χ4n) is 3.54. The van der Waals surface area contributed by atoms with E-state index < -0.39 is 16.1 Å². The first-order valence-electron chi connectivity index (χ1n) is 12.2. The van der Waals surface area contributed by atoms with Crippen molar-refractivity contribution >= 4 is 33.4 Å². The molecule has 0 fully saturated rings. The molecule has 1 heterocycles. The minimum absolute atomic E-state index is 0.0843. The van der Waals surface area contributed by atoms with Gasteiger partial charge in [-0.1, -0.05) is 58.7 Å². The maximum absolute atomic E-state index is 13.2. The SMILES string of the molecule is CCCCOC(=O)NS(=O)(=O)c1sc(CC(C)C)cc1-c1cccc(CN(C)C(=O)CCCC)c1. The summed E-state index contributed by atoms with van der Waals surface area (Å²) < 4.78 is 33.5. The van der Waals surface area contributed by atoms with Crippen LogP contribution in [0.3, 0.4) is 0 Å². The Balaban J connectivity index is 2.35. The van der Waals surface area contributed by atoms with Crippen molar-refractivity contribution in [3.05, 3.63) is 40.8 Å². The third kappa shape index (κ3) is 8.96. The Bertz CT molecular complexity index is 1090. The molecule has 7 nitrogen and oxygen atoms in total. The van der Waals surface area contributed by atoms with Crippen molar-refractivity contribution in [2.75, 3.05) is 13.7 Å². The molecule has 2 aromatic rings. The molecule has 0 saturated carbocycles. The fraction of sp³-hybridized carbons (Fsp3) is 0.538. The van der Waals surface area contributed by atoms with Crippen LogP contribution in [0.15, 0.2) is 34.5 Å². The second-order valence-corrected chi connectivity index (χ2v) is 12.2. The van der Waals surface area contributed by atoms with Gasteiger partial charge in [0.25, 0.3) is 10.0 Å². The van der Waals surface area contributed by atoms with E-state index in [1.165, 1.54) is 11.3 Å². The molecular weight excluding hydrogens is 484 g/mol. The molecule has 194 valence electrons. The molecule has 1 aromatic heterocycles. The van der Waals surface area contributed by atoms with E-state index in [0.717, 1.165) is 41.7 Å². The minimum atomic E-state index is -4.12. The van der Waals surface area contributed by atoms with Gasteiger partial charge < -0.3 is 9.64 Å². The summed E-state index contributed by atoms with van der Waals surface area (Å²) in [6.07, 6.45) is 3.58. The number of unbranched alkanes of at least 4 members (excludes halogenated alkanes) is 2. The Morgan fingerprint density at radius 2 is 1.83 bits per heavy atom. The summed E-state index contributed by atoms with van der Waals surface area (Å²) in [5, 5.41) is 0. The number of thiophene rings is 1. The third-order valence-electron chi connectivity index (χ3n) is 5.38. The van der Waals surface area contributed by atoms with Crippen molar-refractivity contribution in [3.8, 4) is 11.1 Å². The van der Waals surface area contributed by atoms with E-state index in [4.69, 9.17) is 4.74 Å². The van der Waals surface area contributed by atoms with Gasteiger partial charge in [-0.3, -0.25) is 4.79 Å². The number of ether oxygens (including phenoxy) is 1. The van der Waals surface area contributed by atoms with Crippen LogP contribution in [0.4, 0.5) is 4.79 Å². The van der Waals surface area contributed by atoms with E-state index in [2.05, 4.69) is 25.5 Å². The summed E-state index contributed by atoms with van der Waals surface area (Å²) in [5.74, 6) is 0.430. The van der Waals surface area contributed by atoms with E-state index in [1.807, 2.05) is 37.3 Å². The van der Waals surface area contributed by atoms with Crippen LogP contribution in [-0.2, 0) is 32.5 Å². The highest BCUT2D eigenvalue weighted by molar-refractivity contribution is 7.92. The molecule has 1 aromatic carbocycles. The molecule has 0 radical (unpaired) electrons. The van der Waals surface area contributed by atoms with Gasteiger partial charge in [-0.05, 0) is 48.4 Å². The molecular formula is C26H38N2O5S2. The summed E-state index contributed by atoms with van der Waals surface area (Å²) in [6, 6.07) is 9.42. The lowest BCUT2D eigenvalue weighted by Gasteiger charge is -2.18. The van der Waals surface area contributed by atoms with Gasteiger partial charge in [0.15, 0.2) is 0 Å². The predicted molar refractivity (Wildman–Crippen MR) is 141 cm³/mol. The number of hydrogen-bond donors (Lipinski definition) is 1. The number of hydrogen-bond acceptors (Lipinski definition) is 6. The van der Waals surface area contributed by atoms with Crippen LogP contribution < -0.4 is 4.72 Å². The first-order chi connectivity index (χ1) is 16.6. The molecule has 0 unspecified atom stereocenters. The molecule has 0 aliphatic carbocycles. The second kappa shape index (κ2) is 13.6. The predicted octanol–water partition coefficient (Wildman–Crippen LogP) is 5.98. The number of benzene rings is 1. The summed E-state index contributed by atoms with van der Waals surface area (Å²) in [6.45, 7) is 8.76. The van der Waals surface area contributed by atoms with E-state index in [-0.39, 0.29) is 16.7 Å². The number of carbonyl (C=O) groups excluding carboxylic acids is 2. The first kappa shape index (κ1) is 28.8. The highest BCUT2D eigenvalue weighted by Gasteiger charge is 2.26. The Labute approximate surface area is 213 Å². The van der Waals surface area contributed by atoms with Crippen LogP contribution in [0.1, 0.15) is 70.2 Å². The lowest BCUT2D eigenvalue weighted by atomic mass is 10.0. The topological polar surface area (TPSA) is 92.8 Å². The van der Waals surface area contributed by atoms with Crippen molar-refractivity contribution < 1.29 is 22.7 Å². The molecule has 35 heavy (non-hydrogen) atoms. The lowest BCUT2D eigenvalue weighted by molar-refractivity contribution is -0.130. The van der Waals surface area contributed by atoms with Gasteiger partial charge in [-0.25, -0.2) is 17.9 Å². The monoisotopic (exact) mass is 522 g/mol. The molecule has 0 aliphatic rings. The zero-order valence-electron chi connectivity index (χ0n) is 21.4. The van der Waals surface area contributed by atoms with Gasteiger partial charge in [-0.15, -0.1) is 11.3 Å². The van der Waals surface area contributed by atoms with Crippen LogP contribution in [-0.4, -0.2) is 39.0 Å². The van der Waals surface area contributed by atoms with Crippen LogP contribution in [0.2, 0.25) is 0 Å². The summed E-state index contributed by atoms with van der Waals surface area (Å²) in [5.41, 5.74) is 2.17. The second-order valence-electron chi connectivity index (χ2n) is 9.16. The van der Waals surface area contributed by atoms with Crippen LogP contribution in [0.5, 0.6) is 0 Å². The third-order valence-corrected chi connectivity index (χ3v) is 8.38. The van der Waals surface area contributed by atoms with E-state index in [0.29, 0.717) is 30.9 Å². The summed E-state index contributed by atoms with van der Waals surface area (Å²) in [7, 11) is -2.34. The zero-order valence-corrected chi connectivity index (χ0v) is 23.1. The number of amides is 2. The van der Waals surface area contributed by atoms with Gasteiger partial charge in [0.05, 0.1) is 6.61 Å². The Kier molecular flexibility index (Phi) is 11.2. The Morgan fingerprint density at radius 3 is 2.49 bits per heavy atom. The molecule has 2 rings (SSSR count). The molecule has 0 atom stereocenters. The Hall–Kier alpha value is -2.39. The van der Waals surface area contributed by atoms with Gasteiger partial charge in [0.2, 0.25) is 5.91 Å². The Morgan fingerprint density at radius 1 is 1.11 bits per heavy atom.